The Morgan fingerprint density at radius 3 is 1.60 bits per heavy atom. The molecule has 0 amide bonds. The largest absolute Gasteiger partial charge is 0.310 e. The third-order valence-corrected chi connectivity index (χ3v) is 16.1. The summed E-state index contributed by atoms with van der Waals surface area (Å²) < 4.78 is 0. The maximum atomic E-state index is 2.53. The first-order chi connectivity index (χ1) is 36.1. The van der Waals surface area contributed by atoms with E-state index in [9.17, 15) is 0 Å². The molecule has 350 valence electrons. The third kappa shape index (κ3) is 7.70. The fraction of sp³-hybridized carbons (Fsp3) is 0.111. The van der Waals surface area contributed by atoms with Crippen molar-refractivity contribution in [2.75, 3.05) is 4.90 Å². The van der Waals surface area contributed by atoms with E-state index in [-0.39, 0.29) is 0 Å². The molecular weight excluding hydrogens is 879 g/mol. The molecule has 11 aromatic carbocycles. The van der Waals surface area contributed by atoms with Crippen LogP contribution in [-0.4, -0.2) is 0 Å². The Labute approximate surface area is 430 Å². The molecule has 0 N–H and O–H groups in total. The number of hydrogen-bond donors (Lipinski definition) is 0. The van der Waals surface area contributed by atoms with E-state index in [0.29, 0.717) is 5.92 Å². The minimum absolute atomic E-state index is 0.538. The number of aryl methyl sites for hydroxylation is 1. The standard InChI is InChI=1S/C72H57N/c1-50-38-39-55-28-21-35-65(71(55)70(50)54-26-11-4-12-27-54)64-34-18-20-37-69(64)73(59-43-40-51(41-44-59)56-42-46-61(52-22-7-2-8-23-52)66(48-56)53-24-9-3-10-25-53)60-45-47-63-62-33-17-19-36-67(62)72(68(63)49-60,57-29-13-5-14-30-57)58-31-15-6-16-32-58/h2-3,5-10,13-25,28-49,54H,4,11-12,26-27H2,1H3. The normalized spacial score (nSPS) is 13.9. The molecule has 11 aromatic rings. The molecule has 1 nitrogen and oxygen atoms in total. The molecule has 0 saturated heterocycles. The van der Waals surface area contributed by atoms with E-state index in [1.165, 1.54) is 132 Å². The highest BCUT2D eigenvalue weighted by atomic mass is 15.1. The molecule has 0 heterocycles. The number of fused-ring (bicyclic) bond motifs is 4. The molecule has 0 spiro atoms. The molecule has 73 heavy (non-hydrogen) atoms. The molecule has 1 fully saturated rings. The Morgan fingerprint density at radius 1 is 0.356 bits per heavy atom. The van der Waals surface area contributed by atoms with Crippen LogP contribution >= 0.6 is 0 Å². The number of nitrogens with zero attached hydrogens (tertiary/aromatic N) is 1. The summed E-state index contributed by atoms with van der Waals surface area (Å²) in [6.07, 6.45) is 6.42. The molecule has 13 rings (SSSR count). The van der Waals surface area contributed by atoms with Crippen LogP contribution in [0.25, 0.3) is 66.4 Å². The molecule has 0 radical (unpaired) electrons. The predicted molar refractivity (Wildman–Crippen MR) is 308 cm³/mol. The fourth-order valence-corrected chi connectivity index (χ4v) is 12.8. The van der Waals surface area contributed by atoms with Crippen LogP contribution in [0.2, 0.25) is 0 Å². The number of hydrogen-bond acceptors (Lipinski definition) is 1. The van der Waals surface area contributed by atoms with E-state index in [1.807, 2.05) is 0 Å². The van der Waals surface area contributed by atoms with Crippen LogP contribution in [0.4, 0.5) is 17.1 Å². The summed E-state index contributed by atoms with van der Waals surface area (Å²) in [7, 11) is 0. The zero-order valence-corrected chi connectivity index (χ0v) is 41.4. The van der Waals surface area contributed by atoms with Crippen molar-refractivity contribution >= 4 is 27.8 Å². The van der Waals surface area contributed by atoms with Gasteiger partial charge in [0.15, 0.2) is 0 Å². The van der Waals surface area contributed by atoms with Crippen molar-refractivity contribution in [2.45, 2.75) is 50.4 Å². The minimum atomic E-state index is -0.538. The molecule has 0 unspecified atom stereocenters. The van der Waals surface area contributed by atoms with Crippen LogP contribution < -0.4 is 4.90 Å². The van der Waals surface area contributed by atoms with Gasteiger partial charge in [0.25, 0.3) is 0 Å². The average molecular weight is 936 g/mol. The maximum Gasteiger partial charge on any atom is 0.0714 e. The number of anilines is 3. The van der Waals surface area contributed by atoms with Gasteiger partial charge in [0, 0.05) is 16.9 Å². The van der Waals surface area contributed by atoms with E-state index >= 15 is 0 Å². The van der Waals surface area contributed by atoms with Crippen LogP contribution in [-0.2, 0) is 5.41 Å². The van der Waals surface area contributed by atoms with Crippen molar-refractivity contribution in [1.29, 1.82) is 0 Å². The predicted octanol–water partition coefficient (Wildman–Crippen LogP) is 19.7. The van der Waals surface area contributed by atoms with Crippen LogP contribution in [0.15, 0.2) is 261 Å². The second-order valence-electron chi connectivity index (χ2n) is 20.2. The molecule has 0 atom stereocenters. The first-order valence-corrected chi connectivity index (χ1v) is 26.3. The first kappa shape index (κ1) is 44.4. The molecule has 0 bridgehead atoms. The van der Waals surface area contributed by atoms with E-state index < -0.39 is 5.41 Å². The summed E-state index contributed by atoms with van der Waals surface area (Å²) in [5.41, 5.74) is 23.2. The van der Waals surface area contributed by atoms with Gasteiger partial charge in [-0.15, -0.1) is 0 Å². The van der Waals surface area contributed by atoms with E-state index in [0.717, 1.165) is 17.1 Å². The van der Waals surface area contributed by atoms with Gasteiger partial charge < -0.3 is 4.90 Å². The van der Waals surface area contributed by atoms with Gasteiger partial charge in [-0.2, -0.15) is 0 Å². The quantitative estimate of drug-likeness (QED) is 0.132. The molecule has 0 aliphatic heterocycles. The molecule has 1 heteroatoms. The first-order valence-electron chi connectivity index (χ1n) is 26.3. The van der Waals surface area contributed by atoms with Gasteiger partial charge in [-0.3, -0.25) is 0 Å². The summed E-state index contributed by atoms with van der Waals surface area (Å²) in [5.74, 6) is 0.556. The molecule has 1 saturated carbocycles. The Hall–Kier alpha value is -8.52. The summed E-state index contributed by atoms with van der Waals surface area (Å²) in [6.45, 7) is 2.34. The second kappa shape index (κ2) is 18.9. The highest BCUT2D eigenvalue weighted by molar-refractivity contribution is 6.04. The van der Waals surface area contributed by atoms with Crippen molar-refractivity contribution in [3.05, 3.63) is 294 Å². The lowest BCUT2D eigenvalue weighted by atomic mass is 9.67. The monoisotopic (exact) mass is 935 g/mol. The van der Waals surface area contributed by atoms with Crippen LogP contribution in [0.5, 0.6) is 0 Å². The van der Waals surface area contributed by atoms with Crippen LogP contribution in [0.3, 0.4) is 0 Å². The van der Waals surface area contributed by atoms with Crippen molar-refractivity contribution in [1.82, 2.24) is 0 Å². The average Bonchev–Trinajstić information content (AvgIpc) is 3.77. The van der Waals surface area contributed by atoms with Gasteiger partial charge in [0.05, 0.1) is 11.1 Å². The van der Waals surface area contributed by atoms with Crippen molar-refractivity contribution < 1.29 is 0 Å². The van der Waals surface area contributed by atoms with Gasteiger partial charge in [-0.25, -0.2) is 0 Å². The van der Waals surface area contributed by atoms with Crippen LogP contribution in [0.1, 0.15) is 71.4 Å². The van der Waals surface area contributed by atoms with Gasteiger partial charge in [-0.1, -0.05) is 244 Å². The summed E-state index contributed by atoms with van der Waals surface area (Å²) in [4.78, 5) is 2.53. The Kier molecular flexibility index (Phi) is 11.5. The van der Waals surface area contributed by atoms with Crippen LogP contribution in [0, 0.1) is 6.92 Å². The Balaban J connectivity index is 1.03. The minimum Gasteiger partial charge on any atom is -0.310 e. The maximum absolute atomic E-state index is 2.53. The van der Waals surface area contributed by atoms with E-state index in [2.05, 4.69) is 273 Å². The van der Waals surface area contributed by atoms with Crippen molar-refractivity contribution in [3.63, 3.8) is 0 Å². The molecule has 2 aliphatic carbocycles. The fourth-order valence-electron chi connectivity index (χ4n) is 12.8. The zero-order valence-electron chi connectivity index (χ0n) is 41.4. The van der Waals surface area contributed by atoms with Gasteiger partial charge >= 0.3 is 0 Å². The van der Waals surface area contributed by atoms with E-state index in [1.54, 1.807) is 0 Å². The highest BCUT2D eigenvalue weighted by Gasteiger charge is 2.46. The summed E-state index contributed by atoms with van der Waals surface area (Å²) in [6, 6.07) is 97.3. The zero-order chi connectivity index (χ0) is 48.7. The van der Waals surface area contributed by atoms with Crippen molar-refractivity contribution in [3.8, 4) is 55.6 Å². The number of benzene rings is 11. The topological polar surface area (TPSA) is 3.24 Å². The SMILES string of the molecule is Cc1ccc2cccc(-c3ccccc3N(c3ccc(-c4ccc(-c5ccccc5)c(-c5ccccc5)c4)cc3)c3ccc4c(c3)C(c3ccccc3)(c3ccccc3)c3ccccc3-4)c2c1C1CCCCC1. The lowest BCUT2D eigenvalue weighted by Crippen LogP contribution is -2.28. The Morgan fingerprint density at radius 2 is 0.904 bits per heavy atom. The van der Waals surface area contributed by atoms with Gasteiger partial charge in [0.2, 0.25) is 0 Å². The lowest BCUT2D eigenvalue weighted by Gasteiger charge is -2.35. The molecule has 2 aliphatic rings. The van der Waals surface area contributed by atoms with Gasteiger partial charge in [0.1, 0.15) is 0 Å². The highest BCUT2D eigenvalue weighted by Crippen LogP contribution is 2.58. The third-order valence-electron chi connectivity index (χ3n) is 16.1. The van der Waals surface area contributed by atoms with Crippen molar-refractivity contribution in [2.24, 2.45) is 0 Å². The summed E-state index contributed by atoms with van der Waals surface area (Å²) in [5, 5.41) is 2.72. The van der Waals surface area contributed by atoms with E-state index in [4.69, 9.17) is 0 Å². The second-order valence-corrected chi connectivity index (χ2v) is 20.2. The lowest BCUT2D eigenvalue weighted by molar-refractivity contribution is 0.444. The molecular formula is C72H57N. The smallest absolute Gasteiger partial charge is 0.0714 e. The Bertz CT molecular complexity index is 3720. The summed E-state index contributed by atoms with van der Waals surface area (Å²) >= 11 is 0. The van der Waals surface area contributed by atoms with Gasteiger partial charge in [-0.05, 0) is 156 Å². The number of para-hydroxylation sites is 1. The number of rotatable bonds is 10. The molecule has 0 aromatic heterocycles.